The molecule has 0 aromatic heterocycles. The van der Waals surface area contributed by atoms with Gasteiger partial charge in [0.25, 0.3) is 0 Å². The lowest BCUT2D eigenvalue weighted by Crippen LogP contribution is -2.41. The fraction of sp³-hybridized carbons (Fsp3) is 0.867. The summed E-state index contributed by atoms with van der Waals surface area (Å²) in [7, 11) is 1.47. The molecule has 0 saturated heterocycles. The summed E-state index contributed by atoms with van der Waals surface area (Å²) in [6.07, 6.45) is 5.02. The molecule has 0 N–H and O–H groups in total. The summed E-state index contributed by atoms with van der Waals surface area (Å²) in [6.45, 7) is 4.39. The molecule has 18 heavy (non-hydrogen) atoms. The maximum Gasteiger partial charge on any atom is 0.309 e. The highest BCUT2D eigenvalue weighted by molar-refractivity contribution is 5.91. The topological polar surface area (TPSA) is 43.4 Å². The molecule has 0 heterocycles. The van der Waals surface area contributed by atoms with Gasteiger partial charge in [0.05, 0.1) is 13.0 Å². The molecule has 0 unspecified atom stereocenters. The molecule has 4 bridgehead atoms. The number of methoxy groups -OCH3 is 1. The third kappa shape index (κ3) is 1.16. The van der Waals surface area contributed by atoms with Gasteiger partial charge in [-0.25, -0.2) is 0 Å². The van der Waals surface area contributed by atoms with Crippen molar-refractivity contribution < 1.29 is 14.3 Å². The van der Waals surface area contributed by atoms with E-state index in [1.54, 1.807) is 0 Å². The first-order chi connectivity index (χ1) is 8.45. The van der Waals surface area contributed by atoms with Crippen LogP contribution < -0.4 is 0 Å². The molecule has 0 amide bonds. The summed E-state index contributed by atoms with van der Waals surface area (Å²) in [5.41, 5.74) is -0.156. The van der Waals surface area contributed by atoms with Gasteiger partial charge in [-0.05, 0) is 29.6 Å². The zero-order chi connectivity index (χ0) is 13.1. The first kappa shape index (κ1) is 12.2. The number of carbonyl (C=O) groups is 2. The number of rotatable bonds is 1. The highest BCUT2D eigenvalue weighted by atomic mass is 16.5. The molecule has 0 aromatic carbocycles. The summed E-state index contributed by atoms with van der Waals surface area (Å²) < 4.78 is 5.03. The number of ketones is 1. The van der Waals surface area contributed by atoms with Crippen LogP contribution in [0.1, 0.15) is 46.0 Å². The summed E-state index contributed by atoms with van der Waals surface area (Å²) >= 11 is 0. The Bertz CT molecular complexity index is 416. The minimum Gasteiger partial charge on any atom is -0.469 e. The standard InChI is InChI=1S/C15H22O3/c1-14-7-5-4-6-9-11(14)10(16)8-15(14,2)12(9)13(17)18-3/h9,11-12H,4-8H2,1-3H3/t9-,11+,12-,14+,15+/m1/s1. The van der Waals surface area contributed by atoms with Crippen molar-refractivity contribution in [2.75, 3.05) is 7.11 Å². The smallest absolute Gasteiger partial charge is 0.309 e. The quantitative estimate of drug-likeness (QED) is 0.672. The average molecular weight is 250 g/mol. The molecule has 3 aliphatic carbocycles. The van der Waals surface area contributed by atoms with Crippen LogP contribution in [0.4, 0.5) is 0 Å². The number of hydrogen-bond acceptors (Lipinski definition) is 3. The van der Waals surface area contributed by atoms with E-state index in [0.717, 1.165) is 19.3 Å². The summed E-state index contributed by atoms with van der Waals surface area (Å²) in [5.74, 6) is 0.582. The Morgan fingerprint density at radius 1 is 1.28 bits per heavy atom. The number of esters is 1. The molecule has 5 atom stereocenters. The largest absolute Gasteiger partial charge is 0.469 e. The van der Waals surface area contributed by atoms with E-state index in [2.05, 4.69) is 13.8 Å². The van der Waals surface area contributed by atoms with Crippen LogP contribution in [0.25, 0.3) is 0 Å². The number of carbonyl (C=O) groups excluding carboxylic acids is 2. The number of ether oxygens (including phenoxy) is 1. The van der Waals surface area contributed by atoms with Crippen LogP contribution in [0.15, 0.2) is 0 Å². The Morgan fingerprint density at radius 3 is 2.67 bits per heavy atom. The van der Waals surface area contributed by atoms with Crippen LogP contribution in [0.5, 0.6) is 0 Å². The molecule has 0 radical (unpaired) electrons. The van der Waals surface area contributed by atoms with Crippen LogP contribution in [-0.2, 0) is 14.3 Å². The third-order valence-electron chi connectivity index (χ3n) is 6.36. The number of hydrogen-bond donors (Lipinski definition) is 0. The molecule has 0 aliphatic heterocycles. The van der Waals surface area contributed by atoms with Gasteiger partial charge in [0.1, 0.15) is 5.78 Å². The average Bonchev–Trinajstić information content (AvgIpc) is 2.53. The minimum atomic E-state index is -0.174. The second-order valence-corrected chi connectivity index (χ2v) is 6.87. The molecule has 100 valence electrons. The Hall–Kier alpha value is -0.860. The van der Waals surface area contributed by atoms with E-state index in [9.17, 15) is 9.59 Å². The van der Waals surface area contributed by atoms with Crippen LogP contribution in [-0.4, -0.2) is 18.9 Å². The molecular weight excluding hydrogens is 228 g/mol. The minimum absolute atomic E-state index is 0.0180. The van der Waals surface area contributed by atoms with Crippen molar-refractivity contribution in [2.45, 2.75) is 46.0 Å². The van der Waals surface area contributed by atoms with E-state index >= 15 is 0 Å². The monoisotopic (exact) mass is 250 g/mol. The van der Waals surface area contributed by atoms with Gasteiger partial charge in [-0.3, -0.25) is 9.59 Å². The Labute approximate surface area is 108 Å². The fourth-order valence-corrected chi connectivity index (χ4v) is 5.43. The highest BCUT2D eigenvalue weighted by Gasteiger charge is 2.73. The molecule has 3 aliphatic rings. The Balaban J connectivity index is 2.12. The van der Waals surface area contributed by atoms with Crippen molar-refractivity contribution in [1.29, 1.82) is 0 Å². The number of Topliss-reactive ketones (excluding diaryl/α,β-unsaturated/α-hetero) is 1. The molecule has 3 saturated carbocycles. The van der Waals surface area contributed by atoms with Crippen molar-refractivity contribution in [1.82, 2.24) is 0 Å². The van der Waals surface area contributed by atoms with E-state index < -0.39 is 0 Å². The van der Waals surface area contributed by atoms with Crippen molar-refractivity contribution in [3.8, 4) is 0 Å². The lowest BCUT2D eigenvalue weighted by molar-refractivity contribution is -0.154. The highest BCUT2D eigenvalue weighted by Crippen LogP contribution is 2.72. The van der Waals surface area contributed by atoms with Crippen molar-refractivity contribution in [3.63, 3.8) is 0 Å². The summed E-state index contributed by atoms with van der Waals surface area (Å²) in [4.78, 5) is 24.5. The molecule has 0 spiro atoms. The predicted octanol–water partition coefficient (Wildman–Crippen LogP) is 2.58. The lowest BCUT2D eigenvalue weighted by Gasteiger charge is -2.41. The first-order valence-corrected chi connectivity index (χ1v) is 7.06. The zero-order valence-corrected chi connectivity index (χ0v) is 11.5. The van der Waals surface area contributed by atoms with Gasteiger partial charge >= 0.3 is 5.97 Å². The van der Waals surface area contributed by atoms with Gasteiger partial charge in [-0.1, -0.05) is 26.7 Å². The van der Waals surface area contributed by atoms with E-state index in [4.69, 9.17) is 4.74 Å². The third-order valence-corrected chi connectivity index (χ3v) is 6.36. The second-order valence-electron chi connectivity index (χ2n) is 6.87. The molecule has 0 aromatic rings. The molecule has 3 fully saturated rings. The van der Waals surface area contributed by atoms with Gasteiger partial charge in [-0.2, -0.15) is 0 Å². The van der Waals surface area contributed by atoms with Gasteiger partial charge in [0, 0.05) is 12.3 Å². The van der Waals surface area contributed by atoms with Crippen molar-refractivity contribution in [2.24, 2.45) is 28.6 Å². The van der Waals surface area contributed by atoms with Crippen molar-refractivity contribution >= 4 is 11.8 Å². The first-order valence-electron chi connectivity index (χ1n) is 7.06. The maximum absolute atomic E-state index is 12.3. The summed E-state index contributed by atoms with van der Waals surface area (Å²) in [5, 5.41) is 0. The molecular formula is C15H22O3. The van der Waals surface area contributed by atoms with E-state index in [0.29, 0.717) is 12.2 Å². The van der Waals surface area contributed by atoms with Crippen LogP contribution in [0.2, 0.25) is 0 Å². The predicted molar refractivity (Wildman–Crippen MR) is 66.8 cm³/mol. The Morgan fingerprint density at radius 2 is 2.00 bits per heavy atom. The molecule has 3 nitrogen and oxygen atoms in total. The maximum atomic E-state index is 12.3. The van der Waals surface area contributed by atoms with E-state index in [1.165, 1.54) is 13.5 Å². The van der Waals surface area contributed by atoms with Crippen LogP contribution >= 0.6 is 0 Å². The molecule has 3 rings (SSSR count). The Kier molecular flexibility index (Phi) is 2.43. The van der Waals surface area contributed by atoms with Crippen molar-refractivity contribution in [3.05, 3.63) is 0 Å². The van der Waals surface area contributed by atoms with Gasteiger partial charge in [-0.15, -0.1) is 0 Å². The van der Waals surface area contributed by atoms with E-state index in [1.807, 2.05) is 0 Å². The fourth-order valence-electron chi connectivity index (χ4n) is 5.43. The normalized spacial score (nSPS) is 50.2. The van der Waals surface area contributed by atoms with Crippen LogP contribution in [0.3, 0.4) is 0 Å². The lowest BCUT2D eigenvalue weighted by atomic mass is 9.62. The summed E-state index contributed by atoms with van der Waals surface area (Å²) in [6, 6.07) is 0. The second kappa shape index (κ2) is 3.58. The van der Waals surface area contributed by atoms with Crippen LogP contribution in [0, 0.1) is 28.6 Å². The SMILES string of the molecule is COC(=O)[C@H]1[C@@H]2CCCC[C@@]3(C)[C@@H]2C(=O)C[C@@]13C. The van der Waals surface area contributed by atoms with Gasteiger partial charge in [0.15, 0.2) is 0 Å². The van der Waals surface area contributed by atoms with E-state index in [-0.39, 0.29) is 34.6 Å². The zero-order valence-electron chi connectivity index (χ0n) is 11.5. The van der Waals surface area contributed by atoms with Gasteiger partial charge < -0.3 is 4.74 Å². The van der Waals surface area contributed by atoms with Gasteiger partial charge in [0.2, 0.25) is 0 Å². The molecule has 3 heteroatoms.